The smallest absolute Gasteiger partial charge is 0.234 e. The number of Topliss-reactive ketones (excluding diaryl/α,β-unsaturated/α-hetero) is 2. The molecule has 1 unspecified atom stereocenters. The van der Waals surface area contributed by atoms with Gasteiger partial charge in [0, 0.05) is 50.5 Å². The van der Waals surface area contributed by atoms with E-state index in [2.05, 4.69) is 15.1 Å². The van der Waals surface area contributed by atoms with Gasteiger partial charge in [0.1, 0.15) is 5.78 Å². The number of amides is 1. The SMILES string of the molecule is CC(C)C(=O)CC(NC(=O)CN1CCC(N2CCOCC2)CC1)C(=O)C(C)C. The first-order valence-corrected chi connectivity index (χ1v) is 10.7. The summed E-state index contributed by atoms with van der Waals surface area (Å²) in [5.41, 5.74) is 0. The number of ketones is 2. The molecule has 0 radical (unpaired) electrons. The highest BCUT2D eigenvalue weighted by Crippen LogP contribution is 2.17. The highest BCUT2D eigenvalue weighted by atomic mass is 16.5. The van der Waals surface area contributed by atoms with Crippen molar-refractivity contribution in [3.8, 4) is 0 Å². The van der Waals surface area contributed by atoms with E-state index in [1.165, 1.54) is 0 Å². The minimum absolute atomic E-state index is 0.00521. The number of hydrogen-bond donors (Lipinski definition) is 1. The fourth-order valence-corrected chi connectivity index (χ4v) is 3.89. The van der Waals surface area contributed by atoms with Crippen LogP contribution in [-0.2, 0) is 19.1 Å². The van der Waals surface area contributed by atoms with E-state index in [0.717, 1.165) is 52.2 Å². The van der Waals surface area contributed by atoms with E-state index >= 15 is 0 Å². The van der Waals surface area contributed by atoms with Gasteiger partial charge in [-0.3, -0.25) is 24.2 Å². The molecule has 0 aromatic carbocycles. The molecule has 2 heterocycles. The Bertz CT molecular complexity index is 536. The number of nitrogens with one attached hydrogen (secondary N) is 1. The van der Waals surface area contributed by atoms with Crippen LogP contribution in [-0.4, -0.2) is 85.3 Å². The molecule has 2 aliphatic rings. The second-order valence-electron chi connectivity index (χ2n) is 8.66. The maximum absolute atomic E-state index is 12.5. The standard InChI is InChI=1S/C21H37N3O4/c1-15(2)19(25)13-18(21(27)16(3)4)22-20(26)14-23-7-5-17(6-8-23)24-9-11-28-12-10-24/h15-18H,5-14H2,1-4H3,(H,22,26). The summed E-state index contributed by atoms with van der Waals surface area (Å²) in [4.78, 5) is 41.7. The summed E-state index contributed by atoms with van der Waals surface area (Å²) in [7, 11) is 0. The van der Waals surface area contributed by atoms with Crippen molar-refractivity contribution in [2.24, 2.45) is 11.8 Å². The summed E-state index contributed by atoms with van der Waals surface area (Å²) < 4.78 is 5.42. The molecule has 2 fully saturated rings. The van der Waals surface area contributed by atoms with E-state index in [-0.39, 0.29) is 42.3 Å². The van der Waals surface area contributed by atoms with Crippen LogP contribution in [0.1, 0.15) is 47.0 Å². The van der Waals surface area contributed by atoms with Crippen LogP contribution < -0.4 is 5.32 Å². The summed E-state index contributed by atoms with van der Waals surface area (Å²) in [6.07, 6.45) is 2.18. The van der Waals surface area contributed by atoms with Crippen molar-refractivity contribution in [1.82, 2.24) is 15.1 Å². The first kappa shape index (κ1) is 23.0. The van der Waals surface area contributed by atoms with E-state index in [0.29, 0.717) is 6.04 Å². The lowest BCUT2D eigenvalue weighted by molar-refractivity contribution is -0.132. The van der Waals surface area contributed by atoms with Crippen LogP contribution in [0.25, 0.3) is 0 Å². The van der Waals surface area contributed by atoms with Crippen molar-refractivity contribution >= 4 is 17.5 Å². The maximum Gasteiger partial charge on any atom is 0.234 e. The average molecular weight is 396 g/mol. The fraction of sp³-hybridized carbons (Fsp3) is 0.857. The number of carbonyl (C=O) groups is 3. The molecule has 2 saturated heterocycles. The molecule has 1 amide bonds. The second-order valence-corrected chi connectivity index (χ2v) is 8.66. The third kappa shape index (κ3) is 6.94. The molecule has 160 valence electrons. The molecular weight excluding hydrogens is 358 g/mol. The summed E-state index contributed by atoms with van der Waals surface area (Å²) >= 11 is 0. The highest BCUT2D eigenvalue weighted by molar-refractivity contribution is 5.95. The van der Waals surface area contributed by atoms with Crippen molar-refractivity contribution in [2.75, 3.05) is 45.9 Å². The first-order valence-electron chi connectivity index (χ1n) is 10.7. The molecule has 1 atom stereocenters. The van der Waals surface area contributed by atoms with Gasteiger partial charge in [-0.25, -0.2) is 0 Å². The van der Waals surface area contributed by atoms with Gasteiger partial charge in [0.25, 0.3) is 0 Å². The summed E-state index contributed by atoms with van der Waals surface area (Å²) in [5, 5.41) is 2.83. The molecule has 1 N–H and O–H groups in total. The zero-order valence-corrected chi connectivity index (χ0v) is 17.9. The van der Waals surface area contributed by atoms with Gasteiger partial charge >= 0.3 is 0 Å². The second kappa shape index (κ2) is 11.0. The van der Waals surface area contributed by atoms with E-state index in [9.17, 15) is 14.4 Å². The number of morpholine rings is 1. The number of piperidine rings is 1. The van der Waals surface area contributed by atoms with Crippen LogP contribution in [0.5, 0.6) is 0 Å². The summed E-state index contributed by atoms with van der Waals surface area (Å²) in [6.45, 7) is 12.9. The number of rotatable bonds is 9. The zero-order chi connectivity index (χ0) is 20.7. The number of carbonyl (C=O) groups excluding carboxylic acids is 3. The lowest BCUT2D eigenvalue weighted by Crippen LogP contribution is -2.52. The number of likely N-dealkylation sites (tertiary alicyclic amines) is 1. The molecule has 0 bridgehead atoms. The van der Waals surface area contributed by atoms with Crippen molar-refractivity contribution in [3.05, 3.63) is 0 Å². The number of nitrogens with zero attached hydrogens (tertiary/aromatic N) is 2. The molecule has 0 aromatic rings. The highest BCUT2D eigenvalue weighted by Gasteiger charge is 2.29. The van der Waals surface area contributed by atoms with E-state index in [1.807, 2.05) is 13.8 Å². The Balaban J connectivity index is 1.81. The van der Waals surface area contributed by atoms with Gasteiger partial charge < -0.3 is 10.1 Å². The lowest BCUT2D eigenvalue weighted by Gasteiger charge is -2.39. The normalized spacial score (nSPS) is 21.1. The molecule has 28 heavy (non-hydrogen) atoms. The Labute approximate surface area is 169 Å². The van der Waals surface area contributed by atoms with Crippen LogP contribution in [0.3, 0.4) is 0 Å². The Hall–Kier alpha value is -1.31. The van der Waals surface area contributed by atoms with Crippen molar-refractivity contribution in [1.29, 1.82) is 0 Å². The third-order valence-corrected chi connectivity index (χ3v) is 5.78. The number of ether oxygens (including phenoxy) is 1. The van der Waals surface area contributed by atoms with Crippen LogP contribution >= 0.6 is 0 Å². The van der Waals surface area contributed by atoms with Gasteiger partial charge in [-0.1, -0.05) is 27.7 Å². The van der Waals surface area contributed by atoms with Crippen LogP contribution in [0.15, 0.2) is 0 Å². The minimum Gasteiger partial charge on any atom is -0.379 e. The maximum atomic E-state index is 12.5. The molecule has 0 saturated carbocycles. The van der Waals surface area contributed by atoms with Crippen LogP contribution in [0.2, 0.25) is 0 Å². The largest absolute Gasteiger partial charge is 0.379 e. The predicted molar refractivity (Wildman–Crippen MR) is 108 cm³/mol. The molecule has 7 heteroatoms. The van der Waals surface area contributed by atoms with E-state index < -0.39 is 6.04 Å². The topological polar surface area (TPSA) is 79.0 Å². The minimum atomic E-state index is -0.715. The number of hydrogen-bond acceptors (Lipinski definition) is 6. The van der Waals surface area contributed by atoms with Crippen molar-refractivity contribution in [2.45, 2.75) is 59.0 Å². The summed E-state index contributed by atoms with van der Waals surface area (Å²) in [6, 6.07) is -0.143. The average Bonchev–Trinajstić information content (AvgIpc) is 2.67. The van der Waals surface area contributed by atoms with Gasteiger partial charge in [-0.05, 0) is 12.8 Å². The lowest BCUT2D eigenvalue weighted by atomic mass is 9.94. The Morgan fingerprint density at radius 2 is 1.57 bits per heavy atom. The first-order chi connectivity index (χ1) is 13.3. The van der Waals surface area contributed by atoms with Crippen LogP contribution in [0, 0.1) is 11.8 Å². The fourth-order valence-electron chi connectivity index (χ4n) is 3.89. The third-order valence-electron chi connectivity index (χ3n) is 5.78. The van der Waals surface area contributed by atoms with Gasteiger partial charge in [0.15, 0.2) is 5.78 Å². The Kier molecular flexibility index (Phi) is 9.05. The molecule has 0 aliphatic carbocycles. The van der Waals surface area contributed by atoms with Gasteiger partial charge in [0.2, 0.25) is 5.91 Å². The Morgan fingerprint density at radius 1 is 0.964 bits per heavy atom. The predicted octanol–water partition coefficient (Wildman–Crippen LogP) is 1.11. The zero-order valence-electron chi connectivity index (χ0n) is 17.9. The molecule has 2 rings (SSSR count). The monoisotopic (exact) mass is 395 g/mol. The van der Waals surface area contributed by atoms with Gasteiger partial charge in [-0.15, -0.1) is 0 Å². The van der Waals surface area contributed by atoms with E-state index in [1.54, 1.807) is 13.8 Å². The van der Waals surface area contributed by atoms with E-state index in [4.69, 9.17) is 4.74 Å². The Morgan fingerprint density at radius 3 is 2.11 bits per heavy atom. The molecule has 7 nitrogen and oxygen atoms in total. The molecule has 0 aromatic heterocycles. The molecular formula is C21H37N3O4. The molecule has 2 aliphatic heterocycles. The summed E-state index contributed by atoms with van der Waals surface area (Å²) in [5.74, 6) is -0.590. The van der Waals surface area contributed by atoms with Crippen LogP contribution in [0.4, 0.5) is 0 Å². The van der Waals surface area contributed by atoms with Gasteiger partial charge in [0.05, 0.1) is 25.8 Å². The molecule has 0 spiro atoms. The quantitative estimate of drug-likeness (QED) is 0.630. The van der Waals surface area contributed by atoms with Gasteiger partial charge in [-0.2, -0.15) is 0 Å². The van der Waals surface area contributed by atoms with Crippen molar-refractivity contribution in [3.63, 3.8) is 0 Å². The van der Waals surface area contributed by atoms with Crippen molar-refractivity contribution < 1.29 is 19.1 Å².